The summed E-state index contributed by atoms with van der Waals surface area (Å²) in [6.07, 6.45) is 1.14. The third kappa shape index (κ3) is 2.13. The molecule has 1 aliphatic rings. The van der Waals surface area contributed by atoms with Gasteiger partial charge in [-0.1, -0.05) is 28.1 Å². The molecule has 0 bridgehead atoms. The monoisotopic (exact) mass is 322 g/mol. The van der Waals surface area contributed by atoms with Gasteiger partial charge in [0.15, 0.2) is 0 Å². The molecule has 0 atom stereocenters. The summed E-state index contributed by atoms with van der Waals surface area (Å²) < 4.78 is 1.16. The highest BCUT2D eigenvalue weighted by atomic mass is 79.9. The number of hydrogen-bond acceptors (Lipinski definition) is 3. The van der Waals surface area contributed by atoms with Crippen LogP contribution in [0.5, 0.6) is 0 Å². The van der Waals surface area contributed by atoms with Crippen molar-refractivity contribution in [3.63, 3.8) is 0 Å². The van der Waals surface area contributed by atoms with E-state index in [1.54, 1.807) is 0 Å². The number of nitrogens with zero attached hydrogens (tertiary/aromatic N) is 2. The molecule has 0 spiro atoms. The van der Waals surface area contributed by atoms with E-state index < -0.39 is 0 Å². The van der Waals surface area contributed by atoms with Crippen LogP contribution in [0.3, 0.4) is 0 Å². The molecule has 1 aromatic heterocycles. The topological polar surface area (TPSA) is 16.1 Å². The Morgan fingerprint density at radius 1 is 1.39 bits per heavy atom. The van der Waals surface area contributed by atoms with Crippen molar-refractivity contribution >= 4 is 27.3 Å². The van der Waals surface area contributed by atoms with Crippen molar-refractivity contribution in [3.05, 3.63) is 38.8 Å². The van der Waals surface area contributed by atoms with Gasteiger partial charge in [0.05, 0.1) is 5.69 Å². The molecule has 2 aromatic rings. The van der Waals surface area contributed by atoms with Gasteiger partial charge in [0.2, 0.25) is 0 Å². The number of halogens is 1. The van der Waals surface area contributed by atoms with Crippen LogP contribution >= 0.6 is 27.3 Å². The zero-order chi connectivity index (χ0) is 12.7. The summed E-state index contributed by atoms with van der Waals surface area (Å²) in [5.74, 6) is 0. The maximum absolute atomic E-state index is 4.83. The van der Waals surface area contributed by atoms with E-state index >= 15 is 0 Å². The molecule has 0 saturated heterocycles. The standard InChI is InChI=1S/C14H15BrN2S/c1-9-10(4-3-5-11(9)15)14-16-12-8-17(2)7-6-13(12)18-14/h3-5H,6-8H2,1-2H3. The molecule has 0 amide bonds. The first-order valence-electron chi connectivity index (χ1n) is 6.08. The normalized spacial score (nSPS) is 15.7. The van der Waals surface area contributed by atoms with Crippen molar-refractivity contribution in [3.8, 4) is 10.6 Å². The molecule has 1 aromatic carbocycles. The van der Waals surface area contributed by atoms with Crippen molar-refractivity contribution in [2.24, 2.45) is 0 Å². The number of aromatic nitrogens is 1. The highest BCUT2D eigenvalue weighted by Crippen LogP contribution is 2.34. The van der Waals surface area contributed by atoms with E-state index in [0.29, 0.717) is 0 Å². The first-order chi connectivity index (χ1) is 8.65. The van der Waals surface area contributed by atoms with Crippen LogP contribution in [0.1, 0.15) is 16.1 Å². The minimum absolute atomic E-state index is 0.985. The molecule has 0 fully saturated rings. The lowest BCUT2D eigenvalue weighted by atomic mass is 10.1. The average Bonchev–Trinajstić information content (AvgIpc) is 2.75. The second-order valence-electron chi connectivity index (χ2n) is 4.79. The van der Waals surface area contributed by atoms with E-state index in [0.717, 1.165) is 29.0 Å². The van der Waals surface area contributed by atoms with Crippen LogP contribution in [-0.4, -0.2) is 23.5 Å². The van der Waals surface area contributed by atoms with E-state index in [9.17, 15) is 0 Å². The molecule has 4 heteroatoms. The Kier molecular flexibility index (Phi) is 3.26. The zero-order valence-electron chi connectivity index (χ0n) is 10.5. The number of rotatable bonds is 1. The van der Waals surface area contributed by atoms with Gasteiger partial charge < -0.3 is 4.90 Å². The van der Waals surface area contributed by atoms with Crippen LogP contribution in [0.15, 0.2) is 22.7 Å². The van der Waals surface area contributed by atoms with Crippen LogP contribution in [0.25, 0.3) is 10.6 Å². The second kappa shape index (κ2) is 4.76. The fourth-order valence-electron chi connectivity index (χ4n) is 2.28. The second-order valence-corrected chi connectivity index (χ2v) is 6.73. The highest BCUT2D eigenvalue weighted by Gasteiger charge is 2.19. The lowest BCUT2D eigenvalue weighted by molar-refractivity contribution is 0.311. The average molecular weight is 323 g/mol. The third-order valence-electron chi connectivity index (χ3n) is 3.42. The Balaban J connectivity index is 2.05. The predicted molar refractivity (Wildman–Crippen MR) is 80.0 cm³/mol. The number of hydrogen-bond donors (Lipinski definition) is 0. The minimum atomic E-state index is 0.985. The molecule has 2 heterocycles. The number of likely N-dealkylation sites (N-methyl/N-ethyl adjacent to an activating group) is 1. The number of thiazole rings is 1. The lowest BCUT2D eigenvalue weighted by Crippen LogP contribution is -2.25. The van der Waals surface area contributed by atoms with E-state index in [-0.39, 0.29) is 0 Å². The lowest BCUT2D eigenvalue weighted by Gasteiger charge is -2.20. The van der Waals surface area contributed by atoms with Crippen molar-refractivity contribution in [1.82, 2.24) is 9.88 Å². The van der Waals surface area contributed by atoms with Gasteiger partial charge >= 0.3 is 0 Å². The first-order valence-corrected chi connectivity index (χ1v) is 7.68. The van der Waals surface area contributed by atoms with Gasteiger partial charge in [0.1, 0.15) is 5.01 Å². The summed E-state index contributed by atoms with van der Waals surface area (Å²) in [5.41, 5.74) is 3.80. The first kappa shape index (κ1) is 12.3. The molecular formula is C14H15BrN2S. The van der Waals surface area contributed by atoms with Crippen molar-refractivity contribution in [1.29, 1.82) is 0 Å². The van der Waals surface area contributed by atoms with Gasteiger partial charge in [-0.25, -0.2) is 4.98 Å². The largest absolute Gasteiger partial charge is 0.300 e. The molecule has 1 aliphatic heterocycles. The molecule has 0 unspecified atom stereocenters. The predicted octanol–water partition coefficient (Wildman–Crippen LogP) is 3.87. The number of benzene rings is 1. The summed E-state index contributed by atoms with van der Waals surface area (Å²) in [5, 5.41) is 1.16. The Labute approximate surface area is 120 Å². The van der Waals surface area contributed by atoms with E-state index in [2.05, 4.69) is 53.0 Å². The van der Waals surface area contributed by atoms with Crippen molar-refractivity contribution in [2.45, 2.75) is 19.9 Å². The van der Waals surface area contributed by atoms with E-state index in [4.69, 9.17) is 4.98 Å². The molecule has 94 valence electrons. The van der Waals surface area contributed by atoms with Gasteiger partial charge in [0.25, 0.3) is 0 Å². The Morgan fingerprint density at radius 3 is 3.06 bits per heavy atom. The molecular weight excluding hydrogens is 308 g/mol. The molecule has 2 nitrogen and oxygen atoms in total. The van der Waals surface area contributed by atoms with E-state index in [1.807, 2.05) is 11.3 Å². The summed E-state index contributed by atoms with van der Waals surface area (Å²) in [6, 6.07) is 6.33. The summed E-state index contributed by atoms with van der Waals surface area (Å²) >= 11 is 5.45. The maximum atomic E-state index is 4.83. The van der Waals surface area contributed by atoms with Gasteiger partial charge in [-0.2, -0.15) is 0 Å². The van der Waals surface area contributed by atoms with Crippen LogP contribution in [0.2, 0.25) is 0 Å². The fourth-order valence-corrected chi connectivity index (χ4v) is 3.79. The quantitative estimate of drug-likeness (QED) is 0.792. The van der Waals surface area contributed by atoms with Crippen LogP contribution in [0, 0.1) is 6.92 Å². The Hall–Kier alpha value is -0.710. The van der Waals surface area contributed by atoms with Gasteiger partial charge in [-0.05, 0) is 32.0 Å². The maximum Gasteiger partial charge on any atom is 0.124 e. The molecule has 0 radical (unpaired) electrons. The molecule has 18 heavy (non-hydrogen) atoms. The smallest absolute Gasteiger partial charge is 0.124 e. The summed E-state index contributed by atoms with van der Waals surface area (Å²) in [6.45, 7) is 4.27. The molecule has 0 aliphatic carbocycles. The summed E-state index contributed by atoms with van der Waals surface area (Å²) in [7, 11) is 2.16. The number of fused-ring (bicyclic) bond motifs is 1. The van der Waals surface area contributed by atoms with Crippen LogP contribution in [-0.2, 0) is 13.0 Å². The summed E-state index contributed by atoms with van der Waals surface area (Å²) in [4.78, 5) is 8.62. The SMILES string of the molecule is Cc1c(Br)cccc1-c1nc2c(s1)CCN(C)C2. The molecule has 0 N–H and O–H groups in total. The highest BCUT2D eigenvalue weighted by molar-refractivity contribution is 9.10. The Bertz CT molecular complexity index is 591. The minimum Gasteiger partial charge on any atom is -0.300 e. The van der Waals surface area contributed by atoms with Crippen molar-refractivity contribution in [2.75, 3.05) is 13.6 Å². The fraction of sp³-hybridized carbons (Fsp3) is 0.357. The van der Waals surface area contributed by atoms with Crippen LogP contribution in [0.4, 0.5) is 0 Å². The van der Waals surface area contributed by atoms with Gasteiger partial charge in [0, 0.05) is 28.0 Å². The molecule has 0 saturated carbocycles. The molecule has 3 rings (SSSR count). The van der Waals surface area contributed by atoms with Crippen LogP contribution < -0.4 is 0 Å². The van der Waals surface area contributed by atoms with E-state index in [1.165, 1.54) is 21.7 Å². The van der Waals surface area contributed by atoms with Gasteiger partial charge in [-0.15, -0.1) is 11.3 Å². The third-order valence-corrected chi connectivity index (χ3v) is 5.47. The van der Waals surface area contributed by atoms with Crippen molar-refractivity contribution < 1.29 is 0 Å². The van der Waals surface area contributed by atoms with Gasteiger partial charge in [-0.3, -0.25) is 0 Å². The zero-order valence-corrected chi connectivity index (χ0v) is 12.9. The Morgan fingerprint density at radius 2 is 2.22 bits per heavy atom.